The Bertz CT molecular complexity index is 720. The number of para-hydroxylation sites is 1. The standard InChI is InChI=1S/C19H21BrClNO2/c1-4-12(2)15-7-5-6-8-17(15)22-19(23)13(3)24-18-10-9-14(20)11-16(18)21/h5-13H,4H2,1-3H3,(H,22,23)/t12-,13+/m1/s1. The Morgan fingerprint density at radius 3 is 2.62 bits per heavy atom. The predicted molar refractivity (Wildman–Crippen MR) is 103 cm³/mol. The first kappa shape index (κ1) is 18.8. The van der Waals surface area contributed by atoms with Crippen molar-refractivity contribution in [3.63, 3.8) is 0 Å². The van der Waals surface area contributed by atoms with E-state index >= 15 is 0 Å². The summed E-state index contributed by atoms with van der Waals surface area (Å²) in [5.74, 6) is 0.654. The summed E-state index contributed by atoms with van der Waals surface area (Å²) in [6, 6.07) is 13.2. The summed E-state index contributed by atoms with van der Waals surface area (Å²) in [5, 5.41) is 3.42. The third-order valence-electron chi connectivity index (χ3n) is 3.93. The van der Waals surface area contributed by atoms with Crippen LogP contribution >= 0.6 is 27.5 Å². The van der Waals surface area contributed by atoms with Gasteiger partial charge in [0.25, 0.3) is 5.91 Å². The molecule has 128 valence electrons. The fourth-order valence-electron chi connectivity index (χ4n) is 2.31. The molecule has 2 aromatic carbocycles. The molecule has 24 heavy (non-hydrogen) atoms. The Balaban J connectivity index is 2.09. The Labute approximate surface area is 156 Å². The van der Waals surface area contributed by atoms with Crippen molar-refractivity contribution < 1.29 is 9.53 Å². The quantitative estimate of drug-likeness (QED) is 0.632. The summed E-state index contributed by atoms with van der Waals surface area (Å²) < 4.78 is 6.56. The molecular formula is C19H21BrClNO2. The average Bonchev–Trinajstić information content (AvgIpc) is 2.57. The first-order valence-corrected chi connectivity index (χ1v) is 9.11. The van der Waals surface area contributed by atoms with E-state index in [1.54, 1.807) is 19.1 Å². The zero-order valence-corrected chi connectivity index (χ0v) is 16.3. The van der Waals surface area contributed by atoms with Gasteiger partial charge in [-0.1, -0.05) is 59.6 Å². The van der Waals surface area contributed by atoms with Gasteiger partial charge in [0.05, 0.1) is 5.02 Å². The fraction of sp³-hybridized carbons (Fsp3) is 0.316. The Kier molecular flexibility index (Phi) is 6.69. The van der Waals surface area contributed by atoms with E-state index in [4.69, 9.17) is 16.3 Å². The number of rotatable bonds is 6. The van der Waals surface area contributed by atoms with Crippen molar-refractivity contribution in [2.75, 3.05) is 5.32 Å². The molecule has 1 amide bonds. The molecule has 0 fully saturated rings. The van der Waals surface area contributed by atoms with E-state index in [2.05, 4.69) is 35.1 Å². The molecule has 2 atom stereocenters. The van der Waals surface area contributed by atoms with Crippen molar-refractivity contribution in [3.05, 3.63) is 57.5 Å². The molecule has 1 N–H and O–H groups in total. The van der Waals surface area contributed by atoms with Crippen LogP contribution in [0.2, 0.25) is 5.02 Å². The van der Waals surface area contributed by atoms with Gasteiger partial charge in [0.15, 0.2) is 6.10 Å². The van der Waals surface area contributed by atoms with E-state index < -0.39 is 6.10 Å². The highest BCUT2D eigenvalue weighted by Gasteiger charge is 2.18. The molecule has 0 aromatic heterocycles. The Hall–Kier alpha value is -1.52. The number of hydrogen-bond donors (Lipinski definition) is 1. The second-order valence-electron chi connectivity index (χ2n) is 5.72. The highest BCUT2D eigenvalue weighted by molar-refractivity contribution is 9.10. The Morgan fingerprint density at radius 1 is 1.25 bits per heavy atom. The lowest BCUT2D eigenvalue weighted by molar-refractivity contribution is -0.122. The molecule has 0 spiro atoms. The molecule has 5 heteroatoms. The van der Waals surface area contributed by atoms with Crippen LogP contribution in [-0.4, -0.2) is 12.0 Å². The third kappa shape index (κ3) is 4.74. The highest BCUT2D eigenvalue weighted by atomic mass is 79.9. The maximum Gasteiger partial charge on any atom is 0.265 e. The zero-order valence-electron chi connectivity index (χ0n) is 14.0. The predicted octanol–water partition coefficient (Wildman–Crippen LogP) is 6.02. The minimum atomic E-state index is -0.659. The lowest BCUT2D eigenvalue weighted by Gasteiger charge is -2.19. The molecule has 0 unspecified atom stereocenters. The molecule has 0 saturated heterocycles. The van der Waals surface area contributed by atoms with Crippen molar-refractivity contribution in [1.82, 2.24) is 0 Å². The van der Waals surface area contributed by atoms with Gasteiger partial charge in [0, 0.05) is 10.2 Å². The van der Waals surface area contributed by atoms with Crippen LogP contribution in [0.15, 0.2) is 46.9 Å². The largest absolute Gasteiger partial charge is 0.479 e. The summed E-state index contributed by atoms with van der Waals surface area (Å²) in [5.41, 5.74) is 1.96. The van der Waals surface area contributed by atoms with Crippen LogP contribution in [0.4, 0.5) is 5.69 Å². The molecule has 3 nitrogen and oxygen atoms in total. The normalized spacial score (nSPS) is 13.2. The molecule has 0 radical (unpaired) electrons. The highest BCUT2D eigenvalue weighted by Crippen LogP contribution is 2.29. The maximum absolute atomic E-state index is 12.5. The van der Waals surface area contributed by atoms with Crippen molar-refractivity contribution in [2.45, 2.75) is 39.2 Å². The SMILES string of the molecule is CC[C@@H](C)c1ccccc1NC(=O)[C@H](C)Oc1ccc(Br)cc1Cl. The summed E-state index contributed by atoms with van der Waals surface area (Å²) in [6.07, 6.45) is 0.349. The summed E-state index contributed by atoms with van der Waals surface area (Å²) in [7, 11) is 0. The number of carbonyl (C=O) groups excluding carboxylic acids is 1. The number of carbonyl (C=O) groups is 1. The second kappa shape index (κ2) is 8.54. The van der Waals surface area contributed by atoms with Crippen molar-refractivity contribution >= 4 is 39.1 Å². The topological polar surface area (TPSA) is 38.3 Å². The molecule has 0 bridgehead atoms. The smallest absolute Gasteiger partial charge is 0.265 e. The van der Waals surface area contributed by atoms with Gasteiger partial charge in [-0.05, 0) is 49.1 Å². The summed E-state index contributed by atoms with van der Waals surface area (Å²) in [4.78, 5) is 12.5. The third-order valence-corrected chi connectivity index (χ3v) is 4.72. The fourth-order valence-corrected chi connectivity index (χ4v) is 3.03. The zero-order chi connectivity index (χ0) is 17.7. The molecular weight excluding hydrogens is 390 g/mol. The van der Waals surface area contributed by atoms with Gasteiger partial charge < -0.3 is 10.1 Å². The monoisotopic (exact) mass is 409 g/mol. The number of hydrogen-bond acceptors (Lipinski definition) is 2. The summed E-state index contributed by atoms with van der Waals surface area (Å²) >= 11 is 9.48. The van der Waals surface area contributed by atoms with Gasteiger partial charge in [-0.3, -0.25) is 4.79 Å². The van der Waals surface area contributed by atoms with Crippen LogP contribution in [0.5, 0.6) is 5.75 Å². The van der Waals surface area contributed by atoms with Gasteiger partial charge >= 0.3 is 0 Å². The van der Waals surface area contributed by atoms with E-state index in [9.17, 15) is 4.79 Å². The van der Waals surface area contributed by atoms with Crippen molar-refractivity contribution in [1.29, 1.82) is 0 Å². The first-order chi connectivity index (χ1) is 11.4. The van der Waals surface area contributed by atoms with Gasteiger partial charge in [0.2, 0.25) is 0 Å². The van der Waals surface area contributed by atoms with Gasteiger partial charge in [-0.15, -0.1) is 0 Å². The number of halogens is 2. The number of nitrogens with one attached hydrogen (secondary N) is 1. The van der Waals surface area contributed by atoms with Gasteiger partial charge in [-0.25, -0.2) is 0 Å². The van der Waals surface area contributed by atoms with Crippen LogP contribution < -0.4 is 10.1 Å². The first-order valence-electron chi connectivity index (χ1n) is 7.93. The lowest BCUT2D eigenvalue weighted by Crippen LogP contribution is -2.30. The van der Waals surface area contributed by atoms with Crippen molar-refractivity contribution in [3.8, 4) is 5.75 Å². The Morgan fingerprint density at radius 2 is 1.96 bits per heavy atom. The van der Waals surface area contributed by atoms with Crippen LogP contribution in [-0.2, 0) is 4.79 Å². The molecule has 0 aliphatic rings. The second-order valence-corrected chi connectivity index (χ2v) is 7.04. The lowest BCUT2D eigenvalue weighted by atomic mass is 9.97. The molecule has 0 aliphatic carbocycles. The van der Waals surface area contributed by atoms with Crippen LogP contribution in [0.3, 0.4) is 0 Å². The van der Waals surface area contributed by atoms with Crippen LogP contribution in [0, 0.1) is 0 Å². The molecule has 0 saturated carbocycles. The summed E-state index contributed by atoms with van der Waals surface area (Å²) in [6.45, 7) is 5.98. The molecule has 2 rings (SSSR count). The van der Waals surface area contributed by atoms with Crippen molar-refractivity contribution in [2.24, 2.45) is 0 Å². The minimum Gasteiger partial charge on any atom is -0.479 e. The maximum atomic E-state index is 12.5. The number of ether oxygens (including phenoxy) is 1. The number of anilines is 1. The minimum absolute atomic E-state index is 0.204. The van der Waals surface area contributed by atoms with Gasteiger partial charge in [-0.2, -0.15) is 0 Å². The van der Waals surface area contributed by atoms with E-state index in [1.165, 1.54) is 0 Å². The van der Waals surface area contributed by atoms with Gasteiger partial charge in [0.1, 0.15) is 5.75 Å². The van der Waals surface area contributed by atoms with E-state index in [1.807, 2.05) is 30.3 Å². The average molecular weight is 411 g/mol. The molecule has 0 aliphatic heterocycles. The number of amides is 1. The van der Waals surface area contributed by atoms with E-state index in [-0.39, 0.29) is 5.91 Å². The number of benzene rings is 2. The molecule has 2 aromatic rings. The van der Waals surface area contributed by atoms with E-state index in [0.717, 1.165) is 22.1 Å². The van der Waals surface area contributed by atoms with Crippen LogP contribution in [0.1, 0.15) is 38.7 Å². The van der Waals surface area contributed by atoms with Crippen LogP contribution in [0.25, 0.3) is 0 Å². The molecule has 0 heterocycles. The van der Waals surface area contributed by atoms with E-state index in [0.29, 0.717) is 16.7 Å².